The van der Waals surface area contributed by atoms with Gasteiger partial charge in [0.05, 0.1) is 24.8 Å². The first-order valence-electron chi connectivity index (χ1n) is 6.35. The molecule has 1 N–H and O–H groups in total. The molecule has 0 spiro atoms. The molecule has 1 saturated heterocycles. The summed E-state index contributed by atoms with van der Waals surface area (Å²) in [4.78, 5) is 14.4. The van der Waals surface area contributed by atoms with Crippen LogP contribution in [0.4, 0.5) is 0 Å². The summed E-state index contributed by atoms with van der Waals surface area (Å²) < 4.78 is 7.07. The molecule has 18 heavy (non-hydrogen) atoms. The third-order valence-corrected chi connectivity index (χ3v) is 3.55. The van der Waals surface area contributed by atoms with Gasteiger partial charge in [0.1, 0.15) is 0 Å². The maximum atomic E-state index is 12.5. The summed E-state index contributed by atoms with van der Waals surface area (Å²) in [6, 6.07) is 0. The van der Waals surface area contributed by atoms with Crippen LogP contribution in [-0.2, 0) is 23.1 Å². The first-order valence-corrected chi connectivity index (χ1v) is 6.35. The van der Waals surface area contributed by atoms with E-state index >= 15 is 0 Å². The van der Waals surface area contributed by atoms with Gasteiger partial charge in [0.15, 0.2) is 0 Å². The van der Waals surface area contributed by atoms with Gasteiger partial charge in [-0.3, -0.25) is 9.48 Å². The van der Waals surface area contributed by atoms with Crippen LogP contribution in [-0.4, -0.2) is 53.4 Å². The van der Waals surface area contributed by atoms with Crippen molar-refractivity contribution < 1.29 is 9.53 Å². The van der Waals surface area contributed by atoms with Crippen molar-refractivity contribution in [3.05, 3.63) is 17.5 Å². The van der Waals surface area contributed by atoms with Crippen LogP contribution in [0.5, 0.6) is 0 Å². The molecule has 1 amide bonds. The molecule has 0 bridgehead atoms. The van der Waals surface area contributed by atoms with Gasteiger partial charge in [-0.25, -0.2) is 0 Å². The van der Waals surface area contributed by atoms with Crippen molar-refractivity contribution in [2.75, 3.05) is 32.8 Å². The van der Waals surface area contributed by atoms with E-state index in [1.807, 2.05) is 18.1 Å². The number of nitrogens with one attached hydrogen (secondary N) is 1. The van der Waals surface area contributed by atoms with Gasteiger partial charge in [0.25, 0.3) is 0 Å². The van der Waals surface area contributed by atoms with Gasteiger partial charge >= 0.3 is 0 Å². The minimum atomic E-state index is -0.145. The molecule has 1 aromatic heterocycles. The van der Waals surface area contributed by atoms with Crippen LogP contribution < -0.4 is 5.32 Å². The van der Waals surface area contributed by atoms with Gasteiger partial charge in [0, 0.05) is 45.0 Å². The Morgan fingerprint density at radius 3 is 3.06 bits per heavy atom. The van der Waals surface area contributed by atoms with E-state index in [-0.39, 0.29) is 11.8 Å². The number of hydrogen-bond acceptors (Lipinski definition) is 4. The van der Waals surface area contributed by atoms with Crippen molar-refractivity contribution in [2.24, 2.45) is 7.05 Å². The van der Waals surface area contributed by atoms with Crippen molar-refractivity contribution in [3.63, 3.8) is 0 Å². The average molecular weight is 250 g/mol. The summed E-state index contributed by atoms with van der Waals surface area (Å²) in [7, 11) is 1.90. The fraction of sp³-hybridized carbons (Fsp3) is 0.667. The number of aryl methyl sites for hydroxylation is 1. The molecule has 0 radical (unpaired) electrons. The summed E-state index contributed by atoms with van der Waals surface area (Å²) in [6.45, 7) is 4.15. The van der Waals surface area contributed by atoms with E-state index in [0.29, 0.717) is 32.8 Å². The number of fused-ring (bicyclic) bond motifs is 1. The maximum Gasteiger partial charge on any atom is 0.233 e. The van der Waals surface area contributed by atoms with Crippen molar-refractivity contribution in [1.29, 1.82) is 0 Å². The lowest BCUT2D eigenvalue weighted by Gasteiger charge is -2.31. The van der Waals surface area contributed by atoms with Crippen molar-refractivity contribution in [3.8, 4) is 0 Å². The minimum absolute atomic E-state index is 0.145. The number of carbonyl (C=O) groups excluding carboxylic acids is 1. The van der Waals surface area contributed by atoms with E-state index in [0.717, 1.165) is 17.8 Å². The van der Waals surface area contributed by atoms with Gasteiger partial charge in [-0.1, -0.05) is 0 Å². The second-order valence-corrected chi connectivity index (χ2v) is 4.83. The molecule has 98 valence electrons. The van der Waals surface area contributed by atoms with Crippen LogP contribution in [0.25, 0.3) is 0 Å². The minimum Gasteiger partial charge on any atom is -0.378 e. The molecule has 2 aliphatic heterocycles. The Bertz CT molecular complexity index is 451. The molecule has 1 aromatic rings. The predicted octanol–water partition coefficient (Wildman–Crippen LogP) is -0.534. The summed E-state index contributed by atoms with van der Waals surface area (Å²) in [5.74, 6) is 0.0264. The summed E-state index contributed by atoms with van der Waals surface area (Å²) >= 11 is 0. The molecular formula is C12H18N4O2. The lowest BCUT2D eigenvalue weighted by Crippen LogP contribution is -2.46. The topological polar surface area (TPSA) is 59.4 Å². The third kappa shape index (κ3) is 2.02. The Hall–Kier alpha value is -1.40. The number of carbonyl (C=O) groups is 1. The van der Waals surface area contributed by atoms with Crippen LogP contribution >= 0.6 is 0 Å². The summed E-state index contributed by atoms with van der Waals surface area (Å²) in [6.07, 6.45) is 1.99. The number of aromatic nitrogens is 2. The Kier molecular flexibility index (Phi) is 3.05. The Morgan fingerprint density at radius 2 is 2.28 bits per heavy atom. The molecule has 0 aromatic carbocycles. The molecule has 3 rings (SSSR count). The van der Waals surface area contributed by atoms with E-state index in [2.05, 4.69) is 10.4 Å². The van der Waals surface area contributed by atoms with E-state index in [1.54, 1.807) is 4.68 Å². The second kappa shape index (κ2) is 4.70. The van der Waals surface area contributed by atoms with Gasteiger partial charge in [0.2, 0.25) is 5.91 Å². The predicted molar refractivity (Wildman–Crippen MR) is 65.1 cm³/mol. The Morgan fingerprint density at radius 1 is 1.50 bits per heavy atom. The van der Waals surface area contributed by atoms with Crippen LogP contribution in [0, 0.1) is 0 Å². The number of rotatable bonds is 1. The zero-order valence-corrected chi connectivity index (χ0v) is 10.6. The smallest absolute Gasteiger partial charge is 0.233 e. The van der Waals surface area contributed by atoms with Gasteiger partial charge in [-0.05, 0) is 0 Å². The largest absolute Gasteiger partial charge is 0.378 e. The highest BCUT2D eigenvalue weighted by atomic mass is 16.5. The fourth-order valence-electron chi connectivity index (χ4n) is 2.64. The number of hydrogen-bond donors (Lipinski definition) is 1. The molecular weight excluding hydrogens is 232 g/mol. The molecule has 2 aliphatic rings. The van der Waals surface area contributed by atoms with Crippen LogP contribution in [0.1, 0.15) is 17.2 Å². The van der Waals surface area contributed by atoms with Crippen molar-refractivity contribution in [2.45, 2.75) is 12.5 Å². The van der Waals surface area contributed by atoms with E-state index in [9.17, 15) is 4.79 Å². The maximum absolute atomic E-state index is 12.5. The molecule has 1 fully saturated rings. The third-order valence-electron chi connectivity index (χ3n) is 3.55. The van der Waals surface area contributed by atoms with Gasteiger partial charge in [-0.15, -0.1) is 0 Å². The Balaban J connectivity index is 1.82. The fourth-order valence-corrected chi connectivity index (χ4v) is 2.64. The van der Waals surface area contributed by atoms with E-state index in [4.69, 9.17) is 4.74 Å². The zero-order chi connectivity index (χ0) is 12.5. The van der Waals surface area contributed by atoms with Gasteiger partial charge < -0.3 is 15.0 Å². The number of amides is 1. The number of nitrogens with zero attached hydrogens (tertiary/aromatic N) is 3. The second-order valence-electron chi connectivity index (χ2n) is 4.83. The van der Waals surface area contributed by atoms with Crippen LogP contribution in [0.3, 0.4) is 0 Å². The quantitative estimate of drug-likeness (QED) is 0.727. The lowest BCUT2D eigenvalue weighted by molar-refractivity contribution is -0.137. The first-order chi connectivity index (χ1) is 8.75. The number of ether oxygens (including phenoxy) is 1. The van der Waals surface area contributed by atoms with Gasteiger partial charge in [-0.2, -0.15) is 5.10 Å². The van der Waals surface area contributed by atoms with Crippen molar-refractivity contribution in [1.82, 2.24) is 20.0 Å². The standard InChI is InChI=1S/C12H18N4O2/c1-15-8-9-6-13-7-10(11(9)14-15)12(17)16-2-4-18-5-3-16/h8,10,13H,2-7H2,1H3/t10-/m1/s1. The van der Waals surface area contributed by atoms with E-state index in [1.165, 1.54) is 0 Å². The molecule has 0 aliphatic carbocycles. The lowest BCUT2D eigenvalue weighted by atomic mass is 9.96. The Labute approximate surface area is 106 Å². The van der Waals surface area contributed by atoms with E-state index < -0.39 is 0 Å². The van der Waals surface area contributed by atoms with Crippen LogP contribution in [0.2, 0.25) is 0 Å². The molecule has 0 unspecified atom stereocenters. The normalized spacial score (nSPS) is 23.8. The number of morpholine rings is 1. The highest BCUT2D eigenvalue weighted by molar-refractivity contribution is 5.84. The van der Waals surface area contributed by atoms with Crippen molar-refractivity contribution >= 4 is 5.91 Å². The molecule has 6 heteroatoms. The summed E-state index contributed by atoms with van der Waals surface area (Å²) in [5, 5.41) is 7.74. The van der Waals surface area contributed by atoms with Crippen LogP contribution in [0.15, 0.2) is 6.20 Å². The average Bonchev–Trinajstić information content (AvgIpc) is 2.79. The highest BCUT2D eigenvalue weighted by Gasteiger charge is 2.32. The highest BCUT2D eigenvalue weighted by Crippen LogP contribution is 2.24. The first kappa shape index (κ1) is 11.7. The zero-order valence-electron chi connectivity index (χ0n) is 10.6. The molecule has 6 nitrogen and oxygen atoms in total. The monoisotopic (exact) mass is 250 g/mol. The molecule has 3 heterocycles. The molecule has 0 saturated carbocycles. The SMILES string of the molecule is Cn1cc2c(n1)[C@H](C(=O)N1CCOCC1)CNC2. The molecule has 1 atom stereocenters. The summed E-state index contributed by atoms with van der Waals surface area (Å²) in [5.41, 5.74) is 2.07.